The monoisotopic (exact) mass is 238 g/mol. The van der Waals surface area contributed by atoms with Crippen LogP contribution in [0.3, 0.4) is 0 Å². The smallest absolute Gasteiger partial charge is 0.147 e. The first-order valence-corrected chi connectivity index (χ1v) is 6.21. The van der Waals surface area contributed by atoms with Crippen molar-refractivity contribution in [2.75, 3.05) is 17.6 Å². The quantitative estimate of drug-likeness (QED) is 0.742. The van der Waals surface area contributed by atoms with Crippen molar-refractivity contribution in [3.63, 3.8) is 0 Å². The first-order chi connectivity index (χ1) is 7.93. The van der Waals surface area contributed by atoms with Gasteiger partial charge in [-0.3, -0.25) is 4.68 Å². The van der Waals surface area contributed by atoms with Crippen LogP contribution in [-0.4, -0.2) is 27.0 Å². The van der Waals surface area contributed by atoms with E-state index in [9.17, 15) is 5.11 Å². The third kappa shape index (κ3) is 2.24. The van der Waals surface area contributed by atoms with Gasteiger partial charge in [-0.15, -0.1) is 0 Å². The fourth-order valence-electron chi connectivity index (χ4n) is 2.21. The van der Waals surface area contributed by atoms with E-state index in [2.05, 4.69) is 24.3 Å². The fourth-order valence-corrected chi connectivity index (χ4v) is 2.21. The highest BCUT2D eigenvalue weighted by Gasteiger charge is 2.34. The molecule has 0 saturated heterocycles. The Hall–Kier alpha value is -1.23. The molecule has 96 valence electrons. The summed E-state index contributed by atoms with van der Waals surface area (Å²) in [5.41, 5.74) is 7.13. The molecule has 0 atom stereocenters. The number of nitrogen functional groups attached to an aromatic ring is 1. The molecule has 1 heterocycles. The summed E-state index contributed by atoms with van der Waals surface area (Å²) in [7, 11) is 1.87. The van der Waals surface area contributed by atoms with E-state index in [0.717, 1.165) is 30.8 Å². The number of aromatic nitrogens is 2. The summed E-state index contributed by atoms with van der Waals surface area (Å²) in [6, 6.07) is 0. The van der Waals surface area contributed by atoms with Crippen LogP contribution in [-0.2, 0) is 7.05 Å². The molecule has 0 aliphatic heterocycles. The average Bonchev–Trinajstić information content (AvgIpc) is 2.49. The number of nitrogens with zero attached hydrogens (tertiary/aromatic N) is 2. The normalized spacial score (nSPS) is 18.2. The minimum absolute atomic E-state index is 0.309. The molecule has 1 aromatic heterocycles. The van der Waals surface area contributed by atoms with Crippen LogP contribution in [0.25, 0.3) is 0 Å². The molecule has 1 aliphatic rings. The Labute approximate surface area is 102 Å². The summed E-state index contributed by atoms with van der Waals surface area (Å²) < 4.78 is 1.76. The molecular formula is C12H22N4O. The Kier molecular flexibility index (Phi) is 3.03. The summed E-state index contributed by atoms with van der Waals surface area (Å²) in [6.07, 6.45) is 2.85. The Morgan fingerprint density at radius 1 is 1.53 bits per heavy atom. The van der Waals surface area contributed by atoms with Gasteiger partial charge in [0.1, 0.15) is 5.82 Å². The van der Waals surface area contributed by atoms with Crippen molar-refractivity contribution >= 4 is 11.5 Å². The van der Waals surface area contributed by atoms with Gasteiger partial charge in [-0.2, -0.15) is 5.10 Å². The zero-order chi connectivity index (χ0) is 12.6. The van der Waals surface area contributed by atoms with Gasteiger partial charge in [0.15, 0.2) is 0 Å². The van der Waals surface area contributed by atoms with Crippen LogP contribution in [0.15, 0.2) is 0 Å². The van der Waals surface area contributed by atoms with E-state index in [1.807, 2.05) is 7.05 Å². The average molecular weight is 238 g/mol. The maximum absolute atomic E-state index is 10.0. The largest absolute Gasteiger partial charge is 0.394 e. The number of nitrogens with one attached hydrogen (secondary N) is 1. The highest BCUT2D eigenvalue weighted by Crippen LogP contribution is 2.33. The molecule has 17 heavy (non-hydrogen) atoms. The predicted octanol–water partition coefficient (Wildman–Crippen LogP) is 1.45. The van der Waals surface area contributed by atoms with Crippen LogP contribution in [0.1, 0.15) is 44.7 Å². The molecule has 1 aliphatic carbocycles. The minimum Gasteiger partial charge on any atom is -0.394 e. The standard InChI is InChI=1S/C12H22N4O/c1-8(2)10-9(13)11(16(3)15-10)14-7-12(17)5-4-6-12/h8,14,17H,4-7,13H2,1-3H3. The maximum atomic E-state index is 10.0. The summed E-state index contributed by atoms with van der Waals surface area (Å²) >= 11 is 0. The van der Waals surface area contributed by atoms with E-state index >= 15 is 0 Å². The van der Waals surface area contributed by atoms with Crippen molar-refractivity contribution in [3.05, 3.63) is 5.69 Å². The minimum atomic E-state index is -0.547. The highest BCUT2D eigenvalue weighted by atomic mass is 16.3. The second kappa shape index (κ2) is 4.22. The van der Waals surface area contributed by atoms with E-state index in [4.69, 9.17) is 5.73 Å². The Bertz CT molecular complexity index is 407. The van der Waals surface area contributed by atoms with Gasteiger partial charge in [-0.05, 0) is 25.2 Å². The Morgan fingerprint density at radius 3 is 2.59 bits per heavy atom. The van der Waals surface area contributed by atoms with Gasteiger partial charge in [-0.1, -0.05) is 13.8 Å². The molecule has 1 saturated carbocycles. The van der Waals surface area contributed by atoms with Crippen molar-refractivity contribution in [3.8, 4) is 0 Å². The molecule has 1 aromatic rings. The topological polar surface area (TPSA) is 76.1 Å². The molecular weight excluding hydrogens is 216 g/mol. The van der Waals surface area contributed by atoms with Crippen molar-refractivity contribution in [1.29, 1.82) is 0 Å². The highest BCUT2D eigenvalue weighted by molar-refractivity contribution is 5.65. The molecule has 5 heteroatoms. The van der Waals surface area contributed by atoms with E-state index < -0.39 is 5.60 Å². The first-order valence-electron chi connectivity index (χ1n) is 6.21. The molecule has 2 rings (SSSR count). The van der Waals surface area contributed by atoms with Crippen molar-refractivity contribution in [2.24, 2.45) is 7.05 Å². The lowest BCUT2D eigenvalue weighted by Crippen LogP contribution is -2.43. The van der Waals surface area contributed by atoms with Gasteiger partial charge in [0.25, 0.3) is 0 Å². The Morgan fingerprint density at radius 2 is 2.18 bits per heavy atom. The third-order valence-corrected chi connectivity index (χ3v) is 3.53. The van der Waals surface area contributed by atoms with Gasteiger partial charge < -0.3 is 16.2 Å². The molecule has 0 spiro atoms. The van der Waals surface area contributed by atoms with Crippen LogP contribution in [0.5, 0.6) is 0 Å². The number of hydrogen-bond acceptors (Lipinski definition) is 4. The van der Waals surface area contributed by atoms with Crippen LogP contribution in [0.4, 0.5) is 11.5 Å². The third-order valence-electron chi connectivity index (χ3n) is 3.53. The summed E-state index contributed by atoms with van der Waals surface area (Å²) in [5, 5.41) is 17.7. The Balaban J connectivity index is 2.10. The number of rotatable bonds is 4. The molecule has 0 aromatic carbocycles. The SMILES string of the molecule is CC(C)c1nn(C)c(NCC2(O)CCC2)c1N. The van der Waals surface area contributed by atoms with E-state index in [1.54, 1.807) is 4.68 Å². The number of aryl methyl sites for hydroxylation is 1. The second-order valence-corrected chi connectivity index (χ2v) is 5.36. The molecule has 4 N–H and O–H groups in total. The lowest BCUT2D eigenvalue weighted by molar-refractivity contribution is -0.0202. The zero-order valence-electron chi connectivity index (χ0n) is 10.8. The van der Waals surface area contributed by atoms with Crippen LogP contribution in [0, 0.1) is 0 Å². The second-order valence-electron chi connectivity index (χ2n) is 5.36. The summed E-state index contributed by atoms with van der Waals surface area (Å²) in [4.78, 5) is 0. The van der Waals surface area contributed by atoms with Gasteiger partial charge in [0, 0.05) is 13.6 Å². The molecule has 0 unspecified atom stereocenters. The molecule has 1 fully saturated rings. The first kappa shape index (κ1) is 12.2. The van der Waals surface area contributed by atoms with Crippen LogP contribution in [0.2, 0.25) is 0 Å². The van der Waals surface area contributed by atoms with E-state index in [1.165, 1.54) is 0 Å². The van der Waals surface area contributed by atoms with Crippen molar-refractivity contribution in [1.82, 2.24) is 9.78 Å². The van der Waals surface area contributed by atoms with Crippen LogP contribution < -0.4 is 11.1 Å². The fraction of sp³-hybridized carbons (Fsp3) is 0.750. The van der Waals surface area contributed by atoms with Gasteiger partial charge in [0.2, 0.25) is 0 Å². The van der Waals surface area contributed by atoms with Gasteiger partial charge >= 0.3 is 0 Å². The number of nitrogens with two attached hydrogens (primary N) is 1. The molecule has 0 amide bonds. The predicted molar refractivity (Wildman–Crippen MR) is 69.0 cm³/mol. The van der Waals surface area contributed by atoms with Crippen LogP contribution >= 0.6 is 0 Å². The maximum Gasteiger partial charge on any atom is 0.147 e. The van der Waals surface area contributed by atoms with E-state index in [-0.39, 0.29) is 0 Å². The lowest BCUT2D eigenvalue weighted by Gasteiger charge is -2.36. The lowest BCUT2D eigenvalue weighted by atomic mass is 9.80. The number of aliphatic hydroxyl groups is 1. The zero-order valence-corrected chi connectivity index (χ0v) is 10.8. The summed E-state index contributed by atoms with van der Waals surface area (Å²) in [5.74, 6) is 1.12. The van der Waals surface area contributed by atoms with Crippen molar-refractivity contribution in [2.45, 2.75) is 44.6 Å². The molecule has 0 radical (unpaired) electrons. The van der Waals surface area contributed by atoms with Gasteiger partial charge in [-0.25, -0.2) is 0 Å². The number of hydrogen-bond donors (Lipinski definition) is 3. The van der Waals surface area contributed by atoms with E-state index in [0.29, 0.717) is 18.2 Å². The molecule has 0 bridgehead atoms. The number of anilines is 2. The summed E-state index contributed by atoms with van der Waals surface area (Å²) in [6.45, 7) is 4.69. The van der Waals surface area contributed by atoms with Crippen molar-refractivity contribution < 1.29 is 5.11 Å². The molecule has 5 nitrogen and oxygen atoms in total. The van der Waals surface area contributed by atoms with Gasteiger partial charge in [0.05, 0.1) is 17.0 Å².